The number of hydrogen-bond acceptors (Lipinski definition) is 5. The number of benzene rings is 2. The van der Waals surface area contributed by atoms with E-state index in [0.29, 0.717) is 0 Å². The Kier molecular flexibility index (Phi) is 5.25. The summed E-state index contributed by atoms with van der Waals surface area (Å²) in [6.45, 7) is 3.09. The molecule has 0 saturated heterocycles. The first kappa shape index (κ1) is 22.3. The van der Waals surface area contributed by atoms with Gasteiger partial charge in [0.05, 0.1) is 4.90 Å². The van der Waals surface area contributed by atoms with Crippen molar-refractivity contribution < 1.29 is 30.9 Å². The number of alkyl halides is 2. The van der Waals surface area contributed by atoms with Gasteiger partial charge in [0.2, 0.25) is 0 Å². The van der Waals surface area contributed by atoms with E-state index in [1.165, 1.54) is 44.2 Å². The predicted octanol–water partition coefficient (Wildman–Crippen LogP) is 3.76. The number of ether oxygens (including phenoxy) is 1. The third-order valence-corrected chi connectivity index (χ3v) is 6.12. The molecule has 0 radical (unpaired) electrons. The average molecular weight is 442 g/mol. The molecule has 0 aliphatic carbocycles. The molecule has 2 aromatic carbocycles. The van der Waals surface area contributed by atoms with E-state index in [4.69, 9.17) is 10.5 Å². The van der Waals surface area contributed by atoms with Crippen molar-refractivity contribution in [1.82, 2.24) is 0 Å². The van der Waals surface area contributed by atoms with Gasteiger partial charge in [-0.25, -0.2) is 13.2 Å². The molecule has 30 heavy (non-hydrogen) atoms. The Morgan fingerprint density at radius 3 is 2.37 bits per heavy atom. The van der Waals surface area contributed by atoms with Crippen LogP contribution in [0.1, 0.15) is 26.3 Å². The van der Waals surface area contributed by atoms with Crippen LogP contribution in [-0.4, -0.2) is 36.9 Å². The molecule has 162 valence electrons. The van der Waals surface area contributed by atoms with E-state index in [1.54, 1.807) is 0 Å². The normalized spacial score (nSPS) is 23.5. The third-order valence-electron chi connectivity index (χ3n) is 5.27. The summed E-state index contributed by atoms with van der Waals surface area (Å²) >= 11 is 0. The van der Waals surface area contributed by atoms with Crippen LogP contribution in [0.3, 0.4) is 0 Å². The van der Waals surface area contributed by atoms with Crippen LogP contribution in [-0.2, 0) is 20.4 Å². The lowest BCUT2D eigenvalue weighted by atomic mass is 9.77. The van der Waals surface area contributed by atoms with Crippen molar-refractivity contribution >= 4 is 16.0 Å². The molecule has 0 saturated carbocycles. The van der Waals surface area contributed by atoms with Gasteiger partial charge in [-0.05, 0) is 56.2 Å². The highest BCUT2D eigenvalue weighted by Gasteiger charge is 2.63. The van der Waals surface area contributed by atoms with E-state index in [9.17, 15) is 17.4 Å². The fourth-order valence-electron chi connectivity index (χ4n) is 3.46. The number of amidine groups is 1. The first-order chi connectivity index (χ1) is 13.7. The van der Waals surface area contributed by atoms with Gasteiger partial charge >= 0.3 is 5.92 Å². The average Bonchev–Trinajstić information content (AvgIpc) is 2.71. The molecule has 0 amide bonds. The lowest BCUT2D eigenvalue weighted by Gasteiger charge is -2.42. The second-order valence-corrected chi connectivity index (χ2v) is 9.17. The van der Waals surface area contributed by atoms with Crippen molar-refractivity contribution in [2.45, 2.75) is 42.7 Å². The first-order valence-electron chi connectivity index (χ1n) is 8.93. The third kappa shape index (κ3) is 3.59. The number of halogens is 3. The molecule has 0 aromatic heterocycles. The zero-order chi connectivity index (χ0) is 22.5. The summed E-state index contributed by atoms with van der Waals surface area (Å²) in [5, 5.41) is 0. The molecule has 3 N–H and O–H groups in total. The van der Waals surface area contributed by atoms with Gasteiger partial charge in [-0.2, -0.15) is 8.42 Å². The molecule has 0 bridgehead atoms. The van der Waals surface area contributed by atoms with Crippen molar-refractivity contribution in [3.05, 3.63) is 53.8 Å². The van der Waals surface area contributed by atoms with Crippen LogP contribution >= 0.6 is 0 Å². The van der Waals surface area contributed by atoms with Gasteiger partial charge in [0.15, 0.2) is 5.54 Å². The van der Waals surface area contributed by atoms with Crippen molar-refractivity contribution in [2.24, 2.45) is 10.7 Å². The van der Waals surface area contributed by atoms with Gasteiger partial charge in [-0.3, -0.25) is 9.55 Å². The summed E-state index contributed by atoms with van der Waals surface area (Å²) in [6.07, 6.45) is 0. The van der Waals surface area contributed by atoms with Crippen LogP contribution in [0.5, 0.6) is 0 Å². The maximum absolute atomic E-state index is 15.5. The Balaban J connectivity index is 2.24. The van der Waals surface area contributed by atoms with Crippen molar-refractivity contribution in [2.75, 3.05) is 6.61 Å². The molecule has 1 aliphatic rings. The van der Waals surface area contributed by atoms with Gasteiger partial charge in [0.1, 0.15) is 23.9 Å². The molecular formula is C20H21F3N2O4S. The molecule has 1 heterocycles. The Bertz CT molecular complexity index is 1130. The van der Waals surface area contributed by atoms with Crippen molar-refractivity contribution in [3.8, 4) is 11.1 Å². The van der Waals surface area contributed by atoms with Crippen molar-refractivity contribution in [1.29, 1.82) is 0 Å². The molecular weight excluding hydrogens is 421 g/mol. The molecule has 3 rings (SSSR count). The van der Waals surface area contributed by atoms with E-state index in [0.717, 1.165) is 19.1 Å². The summed E-state index contributed by atoms with van der Waals surface area (Å²) < 4.78 is 83.2. The Morgan fingerprint density at radius 1 is 1.10 bits per heavy atom. The van der Waals surface area contributed by atoms with E-state index in [1.807, 2.05) is 0 Å². The van der Waals surface area contributed by atoms with Gasteiger partial charge < -0.3 is 10.5 Å². The number of aliphatic imine (C=N–C) groups is 1. The zero-order valence-electron chi connectivity index (χ0n) is 16.5. The molecule has 2 aromatic rings. The van der Waals surface area contributed by atoms with Crippen LogP contribution in [0.15, 0.2) is 52.4 Å². The van der Waals surface area contributed by atoms with Crippen LogP contribution in [0, 0.1) is 5.82 Å². The monoisotopic (exact) mass is 442 g/mol. The number of rotatable bonds is 3. The van der Waals surface area contributed by atoms with Crippen molar-refractivity contribution in [3.63, 3.8) is 0 Å². The fraction of sp³-hybridized carbons (Fsp3) is 0.350. The lowest BCUT2D eigenvalue weighted by molar-refractivity contribution is -0.214. The highest BCUT2D eigenvalue weighted by Crippen LogP contribution is 2.51. The van der Waals surface area contributed by atoms with Gasteiger partial charge in [-0.15, -0.1) is 0 Å². The fourth-order valence-corrected chi connectivity index (χ4v) is 3.99. The molecule has 1 atom stereocenters. The minimum atomic E-state index is -4.48. The summed E-state index contributed by atoms with van der Waals surface area (Å²) in [5.74, 6) is -4.79. The van der Waals surface area contributed by atoms with E-state index >= 15 is 8.78 Å². The number of nitrogens with two attached hydrogens (primary N) is 1. The predicted molar refractivity (Wildman–Crippen MR) is 106 cm³/mol. The lowest BCUT2D eigenvalue weighted by Crippen LogP contribution is -2.56. The minimum absolute atomic E-state index is 0.207. The minimum Gasteiger partial charge on any atom is -0.385 e. The Morgan fingerprint density at radius 2 is 1.73 bits per heavy atom. The second-order valence-electron chi connectivity index (χ2n) is 7.75. The van der Waals surface area contributed by atoms with E-state index in [2.05, 4.69) is 4.99 Å². The molecule has 0 fully saturated rings. The topological polar surface area (TPSA) is 102 Å². The highest BCUT2D eigenvalue weighted by atomic mass is 32.2. The smallest absolute Gasteiger partial charge is 0.304 e. The largest absolute Gasteiger partial charge is 0.385 e. The zero-order valence-corrected chi connectivity index (χ0v) is 17.3. The molecule has 0 spiro atoms. The summed E-state index contributed by atoms with van der Waals surface area (Å²) in [5.41, 5.74) is 1.45. The molecule has 1 aliphatic heterocycles. The van der Waals surface area contributed by atoms with E-state index in [-0.39, 0.29) is 28.5 Å². The summed E-state index contributed by atoms with van der Waals surface area (Å²) in [7, 11) is -4.48. The quantitative estimate of drug-likeness (QED) is 0.705. The first-order valence-corrected chi connectivity index (χ1v) is 10.4. The van der Waals surface area contributed by atoms with E-state index < -0.39 is 38.6 Å². The van der Waals surface area contributed by atoms with Crippen LogP contribution in [0.4, 0.5) is 13.2 Å². The molecule has 0 unspecified atom stereocenters. The number of hydrogen-bond donors (Lipinski definition) is 2. The summed E-state index contributed by atoms with van der Waals surface area (Å²) in [6, 6.07) is 8.69. The molecule has 10 heteroatoms. The van der Waals surface area contributed by atoms with Gasteiger partial charge in [0, 0.05) is 5.56 Å². The van der Waals surface area contributed by atoms with Gasteiger partial charge in [-0.1, -0.05) is 18.2 Å². The SMILES string of the molecule is CC1(C)OCC(N)=N[C@](C)(c2cc(-c3cccc(S(=O)(=O)O)c3)ccc2F)C1(F)F. The van der Waals surface area contributed by atoms with Gasteiger partial charge in [0.25, 0.3) is 10.1 Å². The second kappa shape index (κ2) is 7.07. The van der Waals surface area contributed by atoms with Crippen LogP contribution in [0.2, 0.25) is 0 Å². The number of nitrogens with zero attached hydrogens (tertiary/aromatic N) is 1. The van der Waals surface area contributed by atoms with Crippen LogP contribution < -0.4 is 5.73 Å². The maximum atomic E-state index is 15.5. The summed E-state index contributed by atoms with van der Waals surface area (Å²) in [4.78, 5) is 3.54. The highest BCUT2D eigenvalue weighted by molar-refractivity contribution is 7.85. The molecule has 6 nitrogen and oxygen atoms in total. The maximum Gasteiger partial charge on any atom is 0.304 e. The van der Waals surface area contributed by atoms with Crippen LogP contribution in [0.25, 0.3) is 11.1 Å². The Hall–Kier alpha value is -2.43. The Labute approximate surface area is 172 Å². The standard InChI is InChI=1S/C20H21F3N2O4S/c1-18(2)20(22,23)19(3,25-17(24)11-29-18)15-10-13(7-8-16(15)21)12-5-4-6-14(9-12)30(26,27)28/h4-10H,11H2,1-3H3,(H2,24,25)(H,26,27,28)/t19-/m1/s1.